The van der Waals surface area contributed by atoms with E-state index in [9.17, 15) is 4.79 Å². The van der Waals surface area contributed by atoms with Crippen LogP contribution in [0.15, 0.2) is 34.9 Å². The summed E-state index contributed by atoms with van der Waals surface area (Å²) in [4.78, 5) is 23.5. The molecule has 3 heterocycles. The van der Waals surface area contributed by atoms with E-state index in [1.807, 2.05) is 12.1 Å². The molecule has 6 nitrogen and oxygen atoms in total. The summed E-state index contributed by atoms with van der Waals surface area (Å²) in [6.45, 7) is 4.36. The smallest absolute Gasteiger partial charge is 0.215 e. The van der Waals surface area contributed by atoms with Crippen molar-refractivity contribution in [1.82, 2.24) is 14.9 Å². The molecule has 1 fully saturated rings. The maximum atomic E-state index is 12.6. The Morgan fingerprint density at radius 1 is 1.32 bits per heavy atom. The number of likely N-dealkylation sites (tertiary alicyclic amines) is 1. The van der Waals surface area contributed by atoms with Crippen LogP contribution in [-0.2, 0) is 0 Å². The summed E-state index contributed by atoms with van der Waals surface area (Å²) in [5.41, 5.74) is 6.54. The van der Waals surface area contributed by atoms with Gasteiger partial charge in [-0.05, 0) is 73.0 Å². The van der Waals surface area contributed by atoms with E-state index < -0.39 is 0 Å². The van der Waals surface area contributed by atoms with Crippen molar-refractivity contribution in [2.45, 2.75) is 19.3 Å². The molecule has 3 N–H and O–H groups in total. The molecule has 25 heavy (non-hydrogen) atoms. The van der Waals surface area contributed by atoms with Gasteiger partial charge in [0.25, 0.3) is 0 Å². The van der Waals surface area contributed by atoms with Crippen LogP contribution in [0.1, 0.15) is 35.3 Å². The van der Waals surface area contributed by atoms with Gasteiger partial charge in [0.1, 0.15) is 17.3 Å². The Morgan fingerprint density at radius 3 is 2.92 bits per heavy atom. The van der Waals surface area contributed by atoms with E-state index in [0.717, 1.165) is 19.5 Å². The number of nitrogens with zero attached hydrogens (tertiary/aromatic N) is 3. The minimum absolute atomic E-state index is 0.207. The van der Waals surface area contributed by atoms with Gasteiger partial charge in [-0.2, -0.15) is 0 Å². The highest BCUT2D eigenvalue weighted by atomic mass is 79.9. The van der Waals surface area contributed by atoms with Gasteiger partial charge >= 0.3 is 0 Å². The lowest BCUT2D eigenvalue weighted by Gasteiger charge is -2.14. The second-order valence-corrected chi connectivity index (χ2v) is 7.07. The number of aromatic nitrogens is 2. The zero-order valence-electron chi connectivity index (χ0n) is 14.0. The summed E-state index contributed by atoms with van der Waals surface area (Å²) in [7, 11) is 0. The van der Waals surface area contributed by atoms with Gasteiger partial charge < -0.3 is 16.0 Å². The average Bonchev–Trinajstić information content (AvgIpc) is 3.14. The highest BCUT2D eigenvalue weighted by molar-refractivity contribution is 9.10. The van der Waals surface area contributed by atoms with E-state index in [0.29, 0.717) is 21.5 Å². The number of anilines is 2. The van der Waals surface area contributed by atoms with Crippen LogP contribution in [0, 0.1) is 0 Å². The largest absolute Gasteiger partial charge is 0.383 e. The Labute approximate surface area is 156 Å². The number of hydrogen-bond acceptors (Lipinski definition) is 6. The van der Waals surface area contributed by atoms with Gasteiger partial charge in [0.05, 0.1) is 5.56 Å². The maximum Gasteiger partial charge on any atom is 0.215 e. The molecule has 1 aliphatic rings. The molecular weight excluding hydrogens is 382 g/mol. The summed E-state index contributed by atoms with van der Waals surface area (Å²) in [5.74, 6) is 0.680. The molecule has 132 valence electrons. The predicted octanol–water partition coefficient (Wildman–Crippen LogP) is 2.95. The minimum atomic E-state index is -0.230. The summed E-state index contributed by atoms with van der Waals surface area (Å²) in [6.07, 6.45) is 5.25. The molecule has 0 atom stereocenters. The first-order chi connectivity index (χ1) is 12.1. The van der Waals surface area contributed by atoms with Crippen molar-refractivity contribution in [2.24, 2.45) is 0 Å². The second-order valence-electron chi connectivity index (χ2n) is 6.15. The van der Waals surface area contributed by atoms with Gasteiger partial charge in [0, 0.05) is 17.2 Å². The third kappa shape index (κ3) is 4.76. The third-order valence-corrected chi connectivity index (χ3v) is 4.70. The lowest BCUT2D eigenvalue weighted by Crippen LogP contribution is -2.22. The van der Waals surface area contributed by atoms with Crippen LogP contribution in [0.3, 0.4) is 0 Å². The van der Waals surface area contributed by atoms with Gasteiger partial charge in [0.2, 0.25) is 5.78 Å². The standard InChI is InChI=1S/C18H22BrN5O/c19-13-11-14(18(20)22-12-13)17(25)15-5-3-6-16(23-15)21-7-4-10-24-8-1-2-9-24/h3,5-6,11-12H,1-2,4,7-10H2,(H2,20,22)(H,21,23). The van der Waals surface area contributed by atoms with Crippen molar-refractivity contribution in [3.8, 4) is 0 Å². The number of ketones is 1. The number of halogens is 1. The normalized spacial score (nSPS) is 14.6. The van der Waals surface area contributed by atoms with E-state index in [-0.39, 0.29) is 11.6 Å². The molecule has 0 spiro atoms. The summed E-state index contributed by atoms with van der Waals surface area (Å²) >= 11 is 3.31. The van der Waals surface area contributed by atoms with Crippen LogP contribution in [0.25, 0.3) is 0 Å². The highest BCUT2D eigenvalue weighted by Crippen LogP contribution is 2.19. The van der Waals surface area contributed by atoms with E-state index in [4.69, 9.17) is 5.73 Å². The zero-order valence-corrected chi connectivity index (χ0v) is 15.6. The SMILES string of the molecule is Nc1ncc(Br)cc1C(=O)c1cccc(NCCCN2CCCC2)n1. The summed E-state index contributed by atoms with van der Waals surface area (Å²) < 4.78 is 0.709. The fourth-order valence-corrected chi connectivity index (χ4v) is 3.29. The number of nitrogen functional groups attached to an aromatic ring is 1. The molecule has 0 amide bonds. The molecule has 7 heteroatoms. The number of carbonyl (C=O) groups excluding carboxylic acids is 1. The van der Waals surface area contributed by atoms with Crippen LogP contribution in [0.4, 0.5) is 11.6 Å². The van der Waals surface area contributed by atoms with Crippen molar-refractivity contribution in [3.63, 3.8) is 0 Å². The fourth-order valence-electron chi connectivity index (χ4n) is 2.95. The Hall–Kier alpha value is -1.99. The molecular formula is C18H22BrN5O. The summed E-state index contributed by atoms with van der Waals surface area (Å²) in [6, 6.07) is 7.06. The van der Waals surface area contributed by atoms with E-state index in [1.54, 1.807) is 18.3 Å². The molecule has 1 saturated heterocycles. The average molecular weight is 404 g/mol. The van der Waals surface area contributed by atoms with Crippen LogP contribution in [0.5, 0.6) is 0 Å². The van der Waals surface area contributed by atoms with Crippen molar-refractivity contribution in [1.29, 1.82) is 0 Å². The minimum Gasteiger partial charge on any atom is -0.383 e. The van der Waals surface area contributed by atoms with E-state index in [2.05, 4.69) is 36.1 Å². The second kappa shape index (κ2) is 8.40. The molecule has 3 rings (SSSR count). The monoisotopic (exact) mass is 403 g/mol. The zero-order chi connectivity index (χ0) is 17.6. The molecule has 0 aliphatic carbocycles. The number of carbonyl (C=O) groups is 1. The molecule has 2 aromatic heterocycles. The van der Waals surface area contributed by atoms with Gasteiger partial charge in [-0.3, -0.25) is 4.79 Å². The quantitative estimate of drug-likeness (QED) is 0.545. The first-order valence-corrected chi connectivity index (χ1v) is 9.32. The molecule has 0 unspecified atom stereocenters. The van der Waals surface area contributed by atoms with Gasteiger partial charge in [0.15, 0.2) is 0 Å². The Kier molecular flexibility index (Phi) is 5.99. The fraction of sp³-hybridized carbons (Fsp3) is 0.389. The Morgan fingerprint density at radius 2 is 2.12 bits per heavy atom. The first kappa shape index (κ1) is 17.8. The Bertz CT molecular complexity index is 746. The topological polar surface area (TPSA) is 84.1 Å². The van der Waals surface area contributed by atoms with E-state index in [1.165, 1.54) is 25.9 Å². The van der Waals surface area contributed by atoms with Gasteiger partial charge in [-0.25, -0.2) is 9.97 Å². The molecule has 1 aliphatic heterocycles. The molecule has 0 radical (unpaired) electrons. The molecule has 0 bridgehead atoms. The van der Waals surface area contributed by atoms with Crippen LogP contribution in [0.2, 0.25) is 0 Å². The lowest BCUT2D eigenvalue weighted by atomic mass is 10.1. The van der Waals surface area contributed by atoms with Crippen molar-refractivity contribution in [3.05, 3.63) is 46.2 Å². The first-order valence-electron chi connectivity index (χ1n) is 8.52. The molecule has 0 saturated carbocycles. The van der Waals surface area contributed by atoms with Gasteiger partial charge in [-0.15, -0.1) is 0 Å². The Balaban J connectivity index is 1.60. The molecule has 2 aromatic rings. The van der Waals surface area contributed by atoms with E-state index >= 15 is 0 Å². The number of hydrogen-bond donors (Lipinski definition) is 2. The lowest BCUT2D eigenvalue weighted by molar-refractivity contribution is 0.103. The van der Waals surface area contributed by atoms with Crippen molar-refractivity contribution >= 4 is 33.3 Å². The van der Waals surface area contributed by atoms with Crippen molar-refractivity contribution in [2.75, 3.05) is 37.2 Å². The highest BCUT2D eigenvalue weighted by Gasteiger charge is 2.16. The maximum absolute atomic E-state index is 12.6. The predicted molar refractivity (Wildman–Crippen MR) is 103 cm³/mol. The number of nitrogens with two attached hydrogens (primary N) is 1. The third-order valence-electron chi connectivity index (χ3n) is 4.27. The van der Waals surface area contributed by atoms with Crippen LogP contribution in [-0.4, -0.2) is 46.8 Å². The van der Waals surface area contributed by atoms with Crippen LogP contribution >= 0.6 is 15.9 Å². The molecule has 0 aromatic carbocycles. The number of rotatable bonds is 7. The van der Waals surface area contributed by atoms with Gasteiger partial charge in [-0.1, -0.05) is 6.07 Å². The number of pyridine rings is 2. The summed E-state index contributed by atoms with van der Waals surface area (Å²) in [5, 5.41) is 3.30. The van der Waals surface area contributed by atoms with Crippen LogP contribution < -0.4 is 11.1 Å². The van der Waals surface area contributed by atoms with Crippen molar-refractivity contribution < 1.29 is 4.79 Å². The number of nitrogens with one attached hydrogen (secondary N) is 1.